The number of amides is 1. The van der Waals surface area contributed by atoms with Gasteiger partial charge >= 0.3 is 0 Å². The number of aromatic amines is 1. The number of ether oxygens (including phenoxy) is 1. The first-order valence-corrected chi connectivity index (χ1v) is 9.79. The van der Waals surface area contributed by atoms with E-state index in [0.717, 1.165) is 0 Å². The molecule has 2 aromatic heterocycles. The fraction of sp³-hybridized carbons (Fsp3) is 0.217. The number of aryl methyl sites for hydroxylation is 1. The van der Waals surface area contributed by atoms with Gasteiger partial charge in [0.15, 0.2) is 0 Å². The van der Waals surface area contributed by atoms with E-state index in [9.17, 15) is 14.0 Å². The van der Waals surface area contributed by atoms with Crippen molar-refractivity contribution in [1.82, 2.24) is 19.9 Å². The lowest BCUT2D eigenvalue weighted by Gasteiger charge is -2.23. The predicted molar refractivity (Wildman–Crippen MR) is 115 cm³/mol. The van der Waals surface area contributed by atoms with Gasteiger partial charge in [-0.15, -0.1) is 0 Å². The molecule has 0 aliphatic rings. The molecule has 4 rings (SSSR count). The molecule has 2 heterocycles. The average molecular weight is 420 g/mol. The van der Waals surface area contributed by atoms with Gasteiger partial charge in [-0.3, -0.25) is 14.6 Å². The van der Waals surface area contributed by atoms with E-state index >= 15 is 0 Å². The molecule has 1 N–H and O–H groups in total. The van der Waals surface area contributed by atoms with Crippen LogP contribution in [0.4, 0.5) is 4.39 Å². The zero-order chi connectivity index (χ0) is 22.0. The number of carbonyl (C=O) groups is 1. The number of aromatic nitrogens is 3. The normalized spacial score (nSPS) is 11.2. The van der Waals surface area contributed by atoms with E-state index in [1.54, 1.807) is 55.3 Å². The minimum atomic E-state index is -0.383. The summed E-state index contributed by atoms with van der Waals surface area (Å²) >= 11 is 0. The zero-order valence-corrected chi connectivity index (χ0v) is 17.2. The van der Waals surface area contributed by atoms with Crippen molar-refractivity contribution in [2.24, 2.45) is 0 Å². The van der Waals surface area contributed by atoms with Gasteiger partial charge in [-0.25, -0.2) is 9.37 Å². The Morgan fingerprint density at radius 1 is 1.13 bits per heavy atom. The molecule has 0 unspecified atom stereocenters. The Balaban J connectivity index is 1.70. The van der Waals surface area contributed by atoms with Gasteiger partial charge in [-0.1, -0.05) is 12.1 Å². The summed E-state index contributed by atoms with van der Waals surface area (Å²) in [5, 5.41) is 1.15. The summed E-state index contributed by atoms with van der Waals surface area (Å²) in [5.41, 5.74) is 1.68. The second-order valence-corrected chi connectivity index (χ2v) is 7.21. The van der Waals surface area contributed by atoms with E-state index in [4.69, 9.17) is 4.74 Å². The van der Waals surface area contributed by atoms with Crippen LogP contribution in [0, 0.1) is 12.7 Å². The number of para-hydroxylation sites is 1. The standard InChI is InChI=1S/C23H21FN4O3/c1-14-18(11-15-7-8-16(24)12-20(15)25-14)23(30)28(9-10-31-2)13-21-26-19-6-4-3-5-17(19)22(29)27-21/h3-8,11-12H,9-10,13H2,1-2H3,(H,26,27,29). The number of methoxy groups -OCH3 is 1. The number of H-pyrrole nitrogens is 1. The third-order valence-corrected chi connectivity index (χ3v) is 5.06. The summed E-state index contributed by atoms with van der Waals surface area (Å²) in [5.74, 6) is -0.280. The van der Waals surface area contributed by atoms with Crippen LogP contribution in [0.3, 0.4) is 0 Å². The molecule has 0 atom stereocenters. The molecule has 8 heteroatoms. The summed E-state index contributed by atoms with van der Waals surface area (Å²) in [7, 11) is 1.55. The van der Waals surface area contributed by atoms with E-state index in [1.165, 1.54) is 12.1 Å². The van der Waals surface area contributed by atoms with Gasteiger partial charge in [0.1, 0.15) is 11.6 Å². The minimum absolute atomic E-state index is 0.100. The number of hydrogen-bond acceptors (Lipinski definition) is 5. The molecule has 31 heavy (non-hydrogen) atoms. The second kappa shape index (κ2) is 8.61. The quantitative estimate of drug-likeness (QED) is 0.518. The fourth-order valence-electron chi connectivity index (χ4n) is 3.47. The molecule has 158 valence electrons. The lowest BCUT2D eigenvalue weighted by Crippen LogP contribution is -2.35. The number of benzene rings is 2. The largest absolute Gasteiger partial charge is 0.383 e. The highest BCUT2D eigenvalue weighted by atomic mass is 19.1. The van der Waals surface area contributed by atoms with E-state index in [0.29, 0.717) is 52.0 Å². The van der Waals surface area contributed by atoms with Crippen molar-refractivity contribution in [1.29, 1.82) is 0 Å². The molecular formula is C23H21FN4O3. The summed E-state index contributed by atoms with van der Waals surface area (Å²) in [6.07, 6.45) is 0. The predicted octanol–water partition coefficient (Wildman–Crippen LogP) is 3.21. The summed E-state index contributed by atoms with van der Waals surface area (Å²) in [6, 6.07) is 13.0. The second-order valence-electron chi connectivity index (χ2n) is 7.21. The number of rotatable bonds is 6. The molecule has 0 aliphatic carbocycles. The molecule has 0 bridgehead atoms. The monoisotopic (exact) mass is 420 g/mol. The maximum Gasteiger partial charge on any atom is 0.258 e. The highest BCUT2D eigenvalue weighted by Crippen LogP contribution is 2.20. The topological polar surface area (TPSA) is 88.2 Å². The molecule has 0 saturated carbocycles. The smallest absolute Gasteiger partial charge is 0.258 e. The van der Waals surface area contributed by atoms with Crippen molar-refractivity contribution < 1.29 is 13.9 Å². The Kier molecular flexibility index (Phi) is 5.73. The number of hydrogen-bond donors (Lipinski definition) is 1. The SMILES string of the molecule is COCCN(Cc1nc2ccccc2c(=O)[nH]1)C(=O)c1cc2ccc(F)cc2nc1C. The summed E-state index contributed by atoms with van der Waals surface area (Å²) in [4.78, 5) is 39.0. The molecule has 0 aliphatic heterocycles. The lowest BCUT2D eigenvalue weighted by molar-refractivity contribution is 0.0674. The van der Waals surface area contributed by atoms with E-state index in [2.05, 4.69) is 15.0 Å². The minimum Gasteiger partial charge on any atom is -0.383 e. The number of fused-ring (bicyclic) bond motifs is 2. The van der Waals surface area contributed by atoms with Gasteiger partial charge in [0.25, 0.3) is 11.5 Å². The molecule has 4 aromatic rings. The van der Waals surface area contributed by atoms with Crippen LogP contribution < -0.4 is 5.56 Å². The van der Waals surface area contributed by atoms with Crippen LogP contribution in [0.5, 0.6) is 0 Å². The molecule has 2 aromatic carbocycles. The zero-order valence-electron chi connectivity index (χ0n) is 17.2. The number of carbonyl (C=O) groups excluding carboxylic acids is 1. The van der Waals surface area contributed by atoms with Crippen LogP contribution in [-0.4, -0.2) is 46.0 Å². The van der Waals surface area contributed by atoms with Crippen molar-refractivity contribution >= 4 is 27.7 Å². The van der Waals surface area contributed by atoms with Gasteiger partial charge in [0.2, 0.25) is 0 Å². The average Bonchev–Trinajstić information content (AvgIpc) is 2.75. The Labute approximate surface area is 177 Å². The number of nitrogens with one attached hydrogen (secondary N) is 1. The van der Waals surface area contributed by atoms with Gasteiger partial charge in [0, 0.05) is 25.1 Å². The van der Waals surface area contributed by atoms with Gasteiger partial charge in [-0.2, -0.15) is 0 Å². The Bertz CT molecular complexity index is 1340. The van der Waals surface area contributed by atoms with E-state index < -0.39 is 0 Å². The Hall–Kier alpha value is -3.65. The van der Waals surface area contributed by atoms with Crippen molar-refractivity contribution in [3.63, 3.8) is 0 Å². The lowest BCUT2D eigenvalue weighted by atomic mass is 10.1. The molecular weight excluding hydrogens is 399 g/mol. The highest BCUT2D eigenvalue weighted by molar-refractivity contribution is 5.98. The highest BCUT2D eigenvalue weighted by Gasteiger charge is 2.21. The maximum atomic E-state index is 13.5. The third kappa shape index (κ3) is 4.29. The third-order valence-electron chi connectivity index (χ3n) is 5.06. The Morgan fingerprint density at radius 3 is 2.74 bits per heavy atom. The molecule has 0 fully saturated rings. The van der Waals surface area contributed by atoms with Crippen LogP contribution in [-0.2, 0) is 11.3 Å². The summed E-state index contributed by atoms with van der Waals surface area (Å²) in [6.45, 7) is 2.42. The van der Waals surface area contributed by atoms with Crippen LogP contribution in [0.1, 0.15) is 21.9 Å². The first kappa shape index (κ1) is 20.6. The fourth-order valence-corrected chi connectivity index (χ4v) is 3.47. The van der Waals surface area contributed by atoms with Crippen molar-refractivity contribution in [2.45, 2.75) is 13.5 Å². The first-order chi connectivity index (χ1) is 15.0. The van der Waals surface area contributed by atoms with E-state index in [-0.39, 0.29) is 23.8 Å². The van der Waals surface area contributed by atoms with Crippen molar-refractivity contribution in [2.75, 3.05) is 20.3 Å². The van der Waals surface area contributed by atoms with Gasteiger partial charge in [0.05, 0.1) is 40.8 Å². The molecule has 7 nitrogen and oxygen atoms in total. The Morgan fingerprint density at radius 2 is 1.94 bits per heavy atom. The molecule has 1 amide bonds. The summed E-state index contributed by atoms with van der Waals surface area (Å²) < 4.78 is 18.7. The van der Waals surface area contributed by atoms with Crippen LogP contribution in [0.25, 0.3) is 21.8 Å². The van der Waals surface area contributed by atoms with E-state index in [1.807, 2.05) is 0 Å². The number of halogens is 1. The number of pyridine rings is 1. The van der Waals surface area contributed by atoms with Crippen LogP contribution in [0.2, 0.25) is 0 Å². The molecule has 0 spiro atoms. The number of nitrogens with zero attached hydrogens (tertiary/aromatic N) is 3. The molecule has 0 saturated heterocycles. The van der Waals surface area contributed by atoms with Crippen molar-refractivity contribution in [3.8, 4) is 0 Å². The van der Waals surface area contributed by atoms with Crippen LogP contribution in [0.15, 0.2) is 53.3 Å². The van der Waals surface area contributed by atoms with Gasteiger partial charge in [-0.05, 0) is 37.3 Å². The maximum absolute atomic E-state index is 13.5. The first-order valence-electron chi connectivity index (χ1n) is 9.79. The van der Waals surface area contributed by atoms with Gasteiger partial charge < -0.3 is 14.6 Å². The molecule has 0 radical (unpaired) electrons. The van der Waals surface area contributed by atoms with Crippen LogP contribution >= 0.6 is 0 Å². The van der Waals surface area contributed by atoms with Crippen molar-refractivity contribution in [3.05, 3.63) is 81.8 Å².